The van der Waals surface area contributed by atoms with Gasteiger partial charge in [0.2, 0.25) is 0 Å². The summed E-state index contributed by atoms with van der Waals surface area (Å²) in [4.78, 5) is 36.4. The van der Waals surface area contributed by atoms with Gasteiger partial charge in [-0.1, -0.05) is 29.8 Å². The smallest absolute Gasteiger partial charge is 0.321 e. The van der Waals surface area contributed by atoms with Gasteiger partial charge in [-0.2, -0.15) is 0 Å². The lowest BCUT2D eigenvalue weighted by molar-refractivity contribution is -0.137. The summed E-state index contributed by atoms with van der Waals surface area (Å²) in [7, 11) is 1.48. The molecule has 0 aliphatic rings. The van der Waals surface area contributed by atoms with E-state index in [0.717, 1.165) is 11.1 Å². The molecule has 0 fully saturated rings. The number of nitrogens with zero attached hydrogens (tertiary/aromatic N) is 2. The fraction of sp³-hybridized carbons (Fsp3) is 0.278. The number of carbonyl (C=O) groups excluding carboxylic acids is 1. The van der Waals surface area contributed by atoms with E-state index in [1.165, 1.54) is 22.6 Å². The highest BCUT2D eigenvalue weighted by Crippen LogP contribution is 2.06. The van der Waals surface area contributed by atoms with Crippen LogP contribution in [0.4, 0.5) is 10.5 Å². The highest BCUT2D eigenvalue weighted by molar-refractivity contribution is 5.89. The number of carboxylic acids is 1. The highest BCUT2D eigenvalue weighted by Gasteiger charge is 2.13. The molecule has 0 radical (unpaired) electrons. The second kappa shape index (κ2) is 8.14. The average Bonchev–Trinajstić information content (AvgIpc) is 2.58. The zero-order valence-electron chi connectivity index (χ0n) is 14.2. The first kappa shape index (κ1) is 18.3. The molecule has 7 nitrogen and oxygen atoms in total. The molecular weight excluding hydrogens is 322 g/mol. The van der Waals surface area contributed by atoms with E-state index in [1.807, 2.05) is 31.2 Å². The normalized spacial score (nSPS) is 10.3. The Morgan fingerprint density at radius 1 is 1.20 bits per heavy atom. The predicted octanol–water partition coefficient (Wildman–Crippen LogP) is 2.14. The molecule has 132 valence electrons. The molecule has 0 atom stereocenters. The predicted molar refractivity (Wildman–Crippen MR) is 94.9 cm³/mol. The summed E-state index contributed by atoms with van der Waals surface area (Å²) in [6.45, 7) is 2.45. The minimum absolute atomic E-state index is 0.0611. The Labute approximate surface area is 145 Å². The Balaban J connectivity index is 2.09. The lowest BCUT2D eigenvalue weighted by Gasteiger charge is -2.17. The van der Waals surface area contributed by atoms with Crippen LogP contribution in [-0.4, -0.2) is 40.2 Å². The van der Waals surface area contributed by atoms with Crippen LogP contribution >= 0.6 is 0 Å². The fourth-order valence-corrected chi connectivity index (χ4v) is 2.22. The van der Waals surface area contributed by atoms with E-state index in [0.29, 0.717) is 6.54 Å². The van der Waals surface area contributed by atoms with Crippen molar-refractivity contribution < 1.29 is 14.7 Å². The SMILES string of the molecule is Cc1ccc(Cn2cccc(NC(=O)N(C)CCC(=O)O)c2=O)cc1. The summed E-state index contributed by atoms with van der Waals surface area (Å²) in [5.74, 6) is -0.986. The van der Waals surface area contributed by atoms with Gasteiger partial charge in [0.05, 0.1) is 13.0 Å². The first-order valence-corrected chi connectivity index (χ1v) is 7.85. The fourth-order valence-electron chi connectivity index (χ4n) is 2.22. The summed E-state index contributed by atoms with van der Waals surface area (Å²) in [5, 5.41) is 11.2. The molecule has 25 heavy (non-hydrogen) atoms. The van der Waals surface area contributed by atoms with Gasteiger partial charge in [-0.05, 0) is 24.6 Å². The number of carboxylic acid groups (broad SMARTS) is 1. The molecule has 2 amide bonds. The number of hydrogen-bond donors (Lipinski definition) is 2. The first-order chi connectivity index (χ1) is 11.9. The van der Waals surface area contributed by atoms with E-state index in [4.69, 9.17) is 5.11 Å². The third kappa shape index (κ3) is 5.20. The molecule has 2 N–H and O–H groups in total. The molecule has 1 aromatic carbocycles. The first-order valence-electron chi connectivity index (χ1n) is 7.85. The number of rotatable bonds is 6. The lowest BCUT2D eigenvalue weighted by atomic mass is 10.1. The summed E-state index contributed by atoms with van der Waals surface area (Å²) in [5.41, 5.74) is 1.96. The number of aryl methyl sites for hydroxylation is 1. The van der Waals surface area contributed by atoms with E-state index in [1.54, 1.807) is 12.3 Å². The highest BCUT2D eigenvalue weighted by atomic mass is 16.4. The average molecular weight is 343 g/mol. The Morgan fingerprint density at radius 2 is 1.88 bits per heavy atom. The van der Waals surface area contributed by atoms with Crippen LogP contribution in [0.25, 0.3) is 0 Å². The number of carbonyl (C=O) groups is 2. The van der Waals surface area contributed by atoms with Gasteiger partial charge < -0.3 is 19.9 Å². The van der Waals surface area contributed by atoms with E-state index >= 15 is 0 Å². The van der Waals surface area contributed by atoms with Gasteiger partial charge in [0, 0.05) is 19.8 Å². The zero-order chi connectivity index (χ0) is 18.4. The maximum atomic E-state index is 12.5. The molecular formula is C18H21N3O4. The minimum Gasteiger partial charge on any atom is -0.481 e. The monoisotopic (exact) mass is 343 g/mol. The number of nitrogens with one attached hydrogen (secondary N) is 1. The molecule has 2 aromatic rings. The van der Waals surface area contributed by atoms with E-state index in [2.05, 4.69) is 5.32 Å². The van der Waals surface area contributed by atoms with Gasteiger partial charge in [0.25, 0.3) is 5.56 Å². The summed E-state index contributed by atoms with van der Waals surface area (Å²) in [6.07, 6.45) is 1.50. The zero-order valence-corrected chi connectivity index (χ0v) is 14.2. The van der Waals surface area contributed by atoms with Crippen molar-refractivity contribution in [3.05, 3.63) is 64.1 Å². The molecule has 7 heteroatoms. The van der Waals surface area contributed by atoms with E-state index < -0.39 is 12.0 Å². The van der Waals surface area contributed by atoms with Gasteiger partial charge in [-0.25, -0.2) is 4.79 Å². The Bertz CT molecular complexity index is 812. The summed E-state index contributed by atoms with van der Waals surface area (Å²) < 4.78 is 1.51. The number of aliphatic carboxylic acids is 1. The largest absolute Gasteiger partial charge is 0.481 e. The molecule has 0 aliphatic carbocycles. The van der Waals surface area contributed by atoms with Crippen molar-refractivity contribution in [3.8, 4) is 0 Å². The molecule has 0 saturated heterocycles. The number of aromatic nitrogens is 1. The number of hydrogen-bond acceptors (Lipinski definition) is 3. The Kier molecular flexibility index (Phi) is 5.94. The van der Waals surface area contributed by atoms with Gasteiger partial charge in [0.1, 0.15) is 5.69 Å². The maximum absolute atomic E-state index is 12.5. The van der Waals surface area contributed by atoms with Crippen LogP contribution in [0.1, 0.15) is 17.5 Å². The Morgan fingerprint density at radius 3 is 2.52 bits per heavy atom. The molecule has 0 saturated carbocycles. The standard InChI is InChI=1S/C18H21N3O4/c1-13-5-7-14(8-6-13)12-21-10-3-4-15(17(21)24)19-18(25)20(2)11-9-16(22)23/h3-8,10H,9,11-12H2,1-2H3,(H,19,25)(H,22,23). The van der Waals surface area contributed by atoms with Crippen LogP contribution in [0.2, 0.25) is 0 Å². The third-order valence-electron chi connectivity index (χ3n) is 3.74. The van der Waals surface area contributed by atoms with Gasteiger partial charge in [0.15, 0.2) is 0 Å². The van der Waals surface area contributed by atoms with E-state index in [9.17, 15) is 14.4 Å². The topological polar surface area (TPSA) is 91.6 Å². The minimum atomic E-state index is -0.986. The van der Waals surface area contributed by atoms with Crippen molar-refractivity contribution in [2.75, 3.05) is 18.9 Å². The molecule has 0 spiro atoms. The maximum Gasteiger partial charge on any atom is 0.321 e. The lowest BCUT2D eigenvalue weighted by Crippen LogP contribution is -2.35. The van der Waals surface area contributed by atoms with Crippen LogP contribution in [0.5, 0.6) is 0 Å². The molecule has 0 aliphatic heterocycles. The quantitative estimate of drug-likeness (QED) is 0.841. The molecule has 0 bridgehead atoms. The number of anilines is 1. The van der Waals surface area contributed by atoms with Crippen LogP contribution in [0.3, 0.4) is 0 Å². The second-order valence-electron chi connectivity index (χ2n) is 5.84. The molecule has 0 unspecified atom stereocenters. The summed E-state index contributed by atoms with van der Waals surface area (Å²) in [6, 6.07) is 10.5. The van der Waals surface area contributed by atoms with Crippen molar-refractivity contribution in [1.82, 2.24) is 9.47 Å². The second-order valence-corrected chi connectivity index (χ2v) is 5.84. The van der Waals surface area contributed by atoms with Gasteiger partial charge >= 0.3 is 12.0 Å². The third-order valence-corrected chi connectivity index (χ3v) is 3.74. The number of amides is 2. The van der Waals surface area contributed by atoms with Crippen LogP contribution in [0, 0.1) is 6.92 Å². The van der Waals surface area contributed by atoms with Crippen molar-refractivity contribution in [2.24, 2.45) is 0 Å². The molecule has 1 heterocycles. The molecule has 1 aromatic heterocycles. The van der Waals surface area contributed by atoms with Gasteiger partial charge in [-0.15, -0.1) is 0 Å². The van der Waals surface area contributed by atoms with Crippen molar-refractivity contribution in [1.29, 1.82) is 0 Å². The number of benzene rings is 1. The van der Waals surface area contributed by atoms with Crippen molar-refractivity contribution >= 4 is 17.7 Å². The van der Waals surface area contributed by atoms with Crippen LogP contribution in [-0.2, 0) is 11.3 Å². The van der Waals surface area contributed by atoms with Crippen LogP contribution in [0.15, 0.2) is 47.4 Å². The van der Waals surface area contributed by atoms with Crippen molar-refractivity contribution in [3.63, 3.8) is 0 Å². The Hall–Kier alpha value is -3.09. The molecule has 2 rings (SSSR count). The van der Waals surface area contributed by atoms with Crippen LogP contribution < -0.4 is 10.9 Å². The van der Waals surface area contributed by atoms with E-state index in [-0.39, 0.29) is 24.2 Å². The van der Waals surface area contributed by atoms with Crippen molar-refractivity contribution in [2.45, 2.75) is 19.9 Å². The number of pyridine rings is 1. The van der Waals surface area contributed by atoms with Gasteiger partial charge in [-0.3, -0.25) is 9.59 Å². The summed E-state index contributed by atoms with van der Waals surface area (Å²) >= 11 is 0. The number of urea groups is 1.